The Balaban J connectivity index is 5.39. The Morgan fingerprint density at radius 1 is 1.06 bits per heavy atom. The first-order valence-corrected chi connectivity index (χ1v) is 7.47. The Bertz CT molecular complexity index is 306. The number of hydrogen-bond acceptors (Lipinski definition) is 2. The first kappa shape index (κ1) is 17.3. The zero-order valence-corrected chi connectivity index (χ0v) is 11.3. The van der Waals surface area contributed by atoms with E-state index in [4.69, 9.17) is 0 Å². The highest BCUT2D eigenvalue weighted by Crippen LogP contribution is 2.43. The van der Waals surface area contributed by atoms with Crippen LogP contribution in [0.2, 0.25) is 6.55 Å². The second kappa shape index (κ2) is 4.75. The minimum Gasteiger partial charge on any atom is -0.501 e. The van der Waals surface area contributed by atoms with Crippen LogP contribution in [0.4, 0.5) is 26.3 Å². The molecule has 0 fully saturated rings. The molecule has 0 spiro atoms. The Morgan fingerprint density at radius 2 is 1.39 bits per heavy atom. The van der Waals surface area contributed by atoms with Gasteiger partial charge in [0.25, 0.3) is 5.97 Å². The summed E-state index contributed by atoms with van der Waals surface area (Å²) < 4.78 is 79.0. The van der Waals surface area contributed by atoms with Crippen molar-refractivity contribution < 1.29 is 35.6 Å². The summed E-state index contributed by atoms with van der Waals surface area (Å²) in [7, 11) is -6.19. The van der Waals surface area contributed by atoms with Gasteiger partial charge in [0.05, 0.1) is 5.41 Å². The molecule has 0 radical (unpaired) electrons. The Kier molecular flexibility index (Phi) is 4.55. The van der Waals surface area contributed by atoms with Gasteiger partial charge in [-0.05, 0) is 26.8 Å². The van der Waals surface area contributed by atoms with Crippen LogP contribution in [-0.4, -0.2) is 25.9 Å². The van der Waals surface area contributed by atoms with Crippen molar-refractivity contribution in [3.05, 3.63) is 0 Å². The summed E-state index contributed by atoms with van der Waals surface area (Å²) in [5.74, 6) is -12.7. The lowest BCUT2D eigenvalue weighted by atomic mass is 9.91. The van der Waals surface area contributed by atoms with Gasteiger partial charge in [-0.1, -0.05) is 6.92 Å². The van der Waals surface area contributed by atoms with Crippen LogP contribution in [0.1, 0.15) is 27.2 Å². The highest BCUT2D eigenvalue weighted by molar-refractivity contribution is 6.77. The van der Waals surface area contributed by atoms with Crippen molar-refractivity contribution in [3.8, 4) is 0 Å². The van der Waals surface area contributed by atoms with E-state index in [2.05, 4.69) is 4.43 Å². The number of alkyl halides is 6. The summed E-state index contributed by atoms with van der Waals surface area (Å²) >= 11 is 0. The van der Waals surface area contributed by atoms with E-state index in [1.165, 1.54) is 20.8 Å². The third-order valence-corrected chi connectivity index (χ3v) is 5.57. The fourth-order valence-corrected chi connectivity index (χ4v) is 1.94. The monoisotopic (exact) mass is 296 g/mol. The van der Waals surface area contributed by atoms with Crippen LogP contribution < -0.4 is 0 Å². The second-order valence-electron chi connectivity index (χ2n) is 4.66. The molecule has 0 aliphatic rings. The summed E-state index contributed by atoms with van der Waals surface area (Å²) in [4.78, 5) is 11.4. The van der Waals surface area contributed by atoms with Gasteiger partial charge in [0, 0.05) is 0 Å². The third kappa shape index (κ3) is 3.18. The van der Waals surface area contributed by atoms with Gasteiger partial charge in [-0.3, -0.25) is 4.79 Å². The molecule has 0 aliphatic carbocycles. The molecule has 0 saturated carbocycles. The minimum atomic E-state index is -6.19. The summed E-state index contributed by atoms with van der Waals surface area (Å²) in [6, 6.07) is 0. The largest absolute Gasteiger partial charge is 0.501 e. The molecule has 0 saturated heterocycles. The van der Waals surface area contributed by atoms with Gasteiger partial charge in [-0.25, -0.2) is 0 Å². The Hall–Kier alpha value is -0.733. The van der Waals surface area contributed by atoms with Crippen LogP contribution in [0.15, 0.2) is 0 Å². The zero-order chi connectivity index (χ0) is 15.0. The van der Waals surface area contributed by atoms with E-state index in [-0.39, 0.29) is 13.0 Å². The predicted octanol–water partition coefficient (Wildman–Crippen LogP) is 3.74. The smallest absolute Gasteiger partial charge is 0.484 e. The van der Waals surface area contributed by atoms with Gasteiger partial charge in [0.15, 0.2) is 0 Å². The SMILES string of the molecule is CCC(C)(C)C(=O)O[Si](C)(C(F)(F)F)C(F)(F)F. The molecule has 0 rings (SSSR count). The van der Waals surface area contributed by atoms with Crippen LogP contribution in [0.25, 0.3) is 0 Å². The number of carbonyl (C=O) groups is 1. The van der Waals surface area contributed by atoms with Gasteiger partial charge >= 0.3 is 19.9 Å². The fourth-order valence-electron chi connectivity index (χ4n) is 0.744. The van der Waals surface area contributed by atoms with Crippen molar-refractivity contribution in [1.29, 1.82) is 0 Å². The standard InChI is InChI=1S/C9H14F6O2Si/c1-5-7(2,3)6(16)17-18(4,8(10,11)12)9(13,14)15/h5H2,1-4H3. The fraction of sp³-hybridized carbons (Fsp3) is 0.889. The maximum atomic E-state index is 12.5. The molecule has 0 aromatic heterocycles. The highest BCUT2D eigenvalue weighted by Gasteiger charge is 2.76. The second-order valence-corrected chi connectivity index (χ2v) is 8.06. The van der Waals surface area contributed by atoms with E-state index in [9.17, 15) is 31.1 Å². The van der Waals surface area contributed by atoms with E-state index < -0.39 is 31.3 Å². The molecule has 0 bridgehead atoms. The lowest BCUT2D eigenvalue weighted by molar-refractivity contribution is -0.164. The summed E-state index contributed by atoms with van der Waals surface area (Å²) in [5, 5.41) is 0. The number of hydrogen-bond donors (Lipinski definition) is 0. The van der Waals surface area contributed by atoms with Crippen molar-refractivity contribution >= 4 is 14.3 Å². The zero-order valence-electron chi connectivity index (χ0n) is 10.3. The normalized spacial score (nSPS) is 14.6. The van der Waals surface area contributed by atoms with Crippen molar-refractivity contribution in [2.24, 2.45) is 5.41 Å². The van der Waals surface area contributed by atoms with Crippen LogP contribution in [0.5, 0.6) is 0 Å². The lowest BCUT2D eigenvalue weighted by Crippen LogP contribution is -2.64. The van der Waals surface area contributed by atoms with Crippen LogP contribution in [0.3, 0.4) is 0 Å². The van der Waals surface area contributed by atoms with Crippen LogP contribution in [-0.2, 0) is 9.22 Å². The highest BCUT2D eigenvalue weighted by atomic mass is 28.4. The maximum absolute atomic E-state index is 12.5. The molecule has 2 nitrogen and oxygen atoms in total. The molecule has 9 heteroatoms. The van der Waals surface area contributed by atoms with E-state index in [0.29, 0.717) is 0 Å². The molecule has 0 heterocycles. The molecular weight excluding hydrogens is 282 g/mol. The molecule has 18 heavy (non-hydrogen) atoms. The third-order valence-electron chi connectivity index (χ3n) is 2.82. The van der Waals surface area contributed by atoms with Gasteiger partial charge in [-0.15, -0.1) is 0 Å². The topological polar surface area (TPSA) is 26.3 Å². The van der Waals surface area contributed by atoms with Crippen molar-refractivity contribution in [1.82, 2.24) is 0 Å². The molecule has 108 valence electrons. The van der Waals surface area contributed by atoms with Crippen molar-refractivity contribution in [3.63, 3.8) is 0 Å². The average Bonchev–Trinajstić information content (AvgIpc) is 2.13. The van der Waals surface area contributed by atoms with E-state index >= 15 is 0 Å². The van der Waals surface area contributed by atoms with Crippen molar-refractivity contribution in [2.45, 2.75) is 45.3 Å². The van der Waals surface area contributed by atoms with E-state index in [1.54, 1.807) is 0 Å². The van der Waals surface area contributed by atoms with Crippen LogP contribution >= 0.6 is 0 Å². The molecule has 0 aromatic carbocycles. The van der Waals surface area contributed by atoms with Gasteiger partial charge in [0.1, 0.15) is 0 Å². The van der Waals surface area contributed by atoms with E-state index in [0.717, 1.165) is 0 Å². The molecule has 0 aromatic rings. The van der Waals surface area contributed by atoms with Crippen molar-refractivity contribution in [2.75, 3.05) is 0 Å². The first-order chi connectivity index (χ1) is 7.69. The van der Waals surface area contributed by atoms with Crippen LogP contribution in [0, 0.1) is 5.41 Å². The Labute approximate surface area is 101 Å². The summed E-state index contributed by atoms with van der Waals surface area (Å²) in [6.07, 6.45) is 0.0754. The van der Waals surface area contributed by atoms with Gasteiger partial charge < -0.3 is 4.43 Å². The number of rotatable bonds is 3. The quantitative estimate of drug-likeness (QED) is 0.586. The summed E-state index contributed by atoms with van der Waals surface area (Å²) in [6.45, 7) is 3.88. The molecule has 0 aliphatic heterocycles. The lowest BCUT2D eigenvalue weighted by Gasteiger charge is -2.33. The summed E-state index contributed by atoms with van der Waals surface area (Å²) in [5.41, 5.74) is -1.38. The van der Waals surface area contributed by atoms with E-state index in [1.807, 2.05) is 0 Å². The minimum absolute atomic E-state index is 0.0589. The molecule has 0 amide bonds. The molecule has 0 unspecified atom stereocenters. The number of halogens is 6. The Morgan fingerprint density at radius 3 is 1.61 bits per heavy atom. The average molecular weight is 296 g/mol. The maximum Gasteiger partial charge on any atom is 0.484 e. The molecular formula is C9H14F6O2Si. The molecule has 0 N–H and O–H groups in total. The van der Waals surface area contributed by atoms with Gasteiger partial charge in [-0.2, -0.15) is 26.3 Å². The molecule has 0 atom stereocenters. The predicted molar refractivity (Wildman–Crippen MR) is 53.9 cm³/mol. The number of carbonyl (C=O) groups excluding carboxylic acids is 1. The van der Waals surface area contributed by atoms with Gasteiger partial charge in [0.2, 0.25) is 0 Å². The first-order valence-electron chi connectivity index (χ1n) is 5.06.